The van der Waals surface area contributed by atoms with Crippen molar-refractivity contribution in [1.29, 1.82) is 0 Å². The highest BCUT2D eigenvalue weighted by Gasteiger charge is 2.60. The number of amides is 3. The zero-order valence-corrected chi connectivity index (χ0v) is 32.5. The minimum absolute atomic E-state index is 0.0302. The fraction of sp³-hybridized carbons (Fsp3) is 0.824. The van der Waals surface area contributed by atoms with Crippen molar-refractivity contribution in [3.05, 3.63) is 0 Å². The molecule has 1 unspecified atom stereocenters. The van der Waals surface area contributed by atoms with Crippen molar-refractivity contribution in [2.45, 2.75) is 112 Å². The molecule has 4 rings (SSSR count). The molecule has 4 aliphatic heterocycles. The van der Waals surface area contributed by atoms with Gasteiger partial charge in [-0.2, -0.15) is 0 Å². The van der Waals surface area contributed by atoms with Gasteiger partial charge in [-0.1, -0.05) is 5.92 Å². The Balaban J connectivity index is 1.35. The van der Waals surface area contributed by atoms with Gasteiger partial charge in [0.25, 0.3) is 5.79 Å². The maximum Gasteiger partial charge on any atom is 0.408 e. The van der Waals surface area contributed by atoms with E-state index in [4.69, 9.17) is 53.8 Å². The van der Waals surface area contributed by atoms with Crippen LogP contribution in [0.1, 0.15) is 13.8 Å². The molecule has 0 spiro atoms. The van der Waals surface area contributed by atoms with Crippen molar-refractivity contribution < 1.29 is 112 Å². The lowest BCUT2D eigenvalue weighted by molar-refractivity contribution is -0.367. The number of rotatable bonds is 20. The van der Waals surface area contributed by atoms with Crippen molar-refractivity contribution >= 4 is 24.1 Å². The summed E-state index contributed by atoms with van der Waals surface area (Å²) < 4.78 is 60.1. The first kappa shape index (κ1) is 49.1. The minimum atomic E-state index is -2.29. The number of hydrogen-bond acceptors (Lipinski definition) is 22. The number of hydrogen-bond donors (Lipinski definition) is 11. The van der Waals surface area contributed by atoms with Crippen LogP contribution < -0.4 is 16.0 Å². The Labute approximate surface area is 342 Å². The van der Waals surface area contributed by atoms with Crippen LogP contribution in [0.3, 0.4) is 0 Å². The topological polar surface area (TPSA) is 368 Å². The summed E-state index contributed by atoms with van der Waals surface area (Å²) in [5, 5.41) is 91.5. The Kier molecular flexibility index (Phi) is 18.8. The Hall–Kier alpha value is -3.60. The fourth-order valence-corrected chi connectivity index (χ4v) is 6.40. The molecule has 11 N–H and O–H groups in total. The first-order chi connectivity index (χ1) is 28.5. The van der Waals surface area contributed by atoms with Crippen molar-refractivity contribution in [3.63, 3.8) is 0 Å². The van der Waals surface area contributed by atoms with Crippen molar-refractivity contribution in [3.8, 4) is 12.3 Å². The van der Waals surface area contributed by atoms with Crippen LogP contribution in [0.25, 0.3) is 0 Å². The first-order valence-electron chi connectivity index (χ1n) is 18.7. The Morgan fingerprint density at radius 2 is 1.30 bits per heavy atom. The average molecular weight is 872 g/mol. The van der Waals surface area contributed by atoms with Gasteiger partial charge in [0.15, 0.2) is 25.5 Å². The van der Waals surface area contributed by atoms with E-state index in [-0.39, 0.29) is 46.1 Å². The van der Waals surface area contributed by atoms with Gasteiger partial charge in [-0.15, -0.1) is 6.42 Å². The van der Waals surface area contributed by atoms with Crippen molar-refractivity contribution in [2.75, 3.05) is 65.9 Å². The summed E-state index contributed by atoms with van der Waals surface area (Å²) in [4.78, 5) is 47.6. The summed E-state index contributed by atoms with van der Waals surface area (Å²) in [5.74, 6) is -2.38. The maximum absolute atomic E-state index is 12.6. The van der Waals surface area contributed by atoms with E-state index in [0.29, 0.717) is 0 Å². The van der Waals surface area contributed by atoms with E-state index in [1.54, 1.807) is 0 Å². The molecule has 16 atom stereocenters. The molecule has 3 amide bonds. The summed E-state index contributed by atoms with van der Waals surface area (Å²) in [6.45, 7) is 0.265. The number of nitrogens with one attached hydrogen (secondary N) is 3. The molecule has 26 heteroatoms. The molecule has 0 aliphatic carbocycles. The number of ether oxygens (including phenoxy) is 11. The normalized spacial score (nSPS) is 37.6. The van der Waals surface area contributed by atoms with Crippen LogP contribution in [0.4, 0.5) is 9.59 Å². The van der Waals surface area contributed by atoms with E-state index in [2.05, 4.69) is 26.6 Å². The summed E-state index contributed by atoms with van der Waals surface area (Å²) >= 11 is 0. The number of carbonyl (C=O) groups excluding carboxylic acids is 3. The number of carboxylic acids is 1. The van der Waals surface area contributed by atoms with Gasteiger partial charge in [-0.25, -0.2) is 14.4 Å². The fourth-order valence-electron chi connectivity index (χ4n) is 6.40. The highest BCUT2D eigenvalue weighted by molar-refractivity contribution is 5.75. The highest BCUT2D eigenvalue weighted by atomic mass is 16.8. The Morgan fingerprint density at radius 3 is 1.88 bits per heavy atom. The van der Waals surface area contributed by atoms with Crippen LogP contribution in [0.15, 0.2) is 0 Å². The molecule has 0 radical (unpaired) electrons. The summed E-state index contributed by atoms with van der Waals surface area (Å²) in [6.07, 6.45) is -20.3. The van der Waals surface area contributed by atoms with E-state index in [9.17, 15) is 60.0 Å². The zero-order chi connectivity index (χ0) is 44.1. The number of aliphatic hydroxyl groups is 7. The van der Waals surface area contributed by atoms with Gasteiger partial charge in [-0.05, 0) is 0 Å². The highest BCUT2D eigenvalue weighted by Crippen LogP contribution is 2.39. The second-order valence-electron chi connectivity index (χ2n) is 13.8. The number of carboxylic acid groups (broad SMARTS) is 1. The zero-order valence-electron chi connectivity index (χ0n) is 32.5. The van der Waals surface area contributed by atoms with Gasteiger partial charge in [0.2, 0.25) is 5.91 Å². The molecule has 0 bridgehead atoms. The van der Waals surface area contributed by atoms with Crippen LogP contribution >= 0.6 is 0 Å². The van der Waals surface area contributed by atoms with Gasteiger partial charge in [-0.3, -0.25) is 4.79 Å². The van der Waals surface area contributed by atoms with Gasteiger partial charge < -0.3 is 109 Å². The first-order valence-corrected chi connectivity index (χ1v) is 18.7. The van der Waals surface area contributed by atoms with Crippen LogP contribution in [0.5, 0.6) is 0 Å². The molecular formula is C34H53N3O23. The quantitative estimate of drug-likeness (QED) is 0.0400. The van der Waals surface area contributed by atoms with Crippen LogP contribution in [0, 0.1) is 12.3 Å². The van der Waals surface area contributed by atoms with Gasteiger partial charge in [0.1, 0.15) is 79.8 Å². The SMILES string of the molecule is C#CCOC(=O)NCCOCCOCCNC(=O)OC[C@H]1O[C@@H]2OC(C)(C(=O)O)O[C@@H]2[C@@H](O)[C@@H]1O[C@@H]1O[C@H](CO)[C@H](O[C@H]2O[C@H](CO)[C@H](O)[C@H](O)[C@H]2NC(C)=O)[C@H](O)[C@H]1O. The van der Waals surface area contributed by atoms with Gasteiger partial charge >= 0.3 is 18.2 Å². The minimum Gasteiger partial charge on any atom is -0.477 e. The van der Waals surface area contributed by atoms with E-state index >= 15 is 0 Å². The number of carbonyl (C=O) groups is 4. The van der Waals surface area contributed by atoms with Gasteiger partial charge in [0, 0.05) is 26.9 Å². The lowest BCUT2D eigenvalue weighted by Crippen LogP contribution is -2.68. The van der Waals surface area contributed by atoms with Gasteiger partial charge in [0.05, 0.1) is 39.6 Å². The Morgan fingerprint density at radius 1 is 0.717 bits per heavy atom. The van der Waals surface area contributed by atoms with E-state index in [1.165, 1.54) is 0 Å². The predicted molar refractivity (Wildman–Crippen MR) is 189 cm³/mol. The number of aliphatic carboxylic acids is 1. The van der Waals surface area contributed by atoms with Crippen LogP contribution in [0.2, 0.25) is 0 Å². The van der Waals surface area contributed by atoms with E-state index in [1.807, 2.05) is 0 Å². The summed E-state index contributed by atoms with van der Waals surface area (Å²) in [7, 11) is 0. The second kappa shape index (κ2) is 23.0. The third-order valence-electron chi connectivity index (χ3n) is 9.43. The second-order valence-corrected chi connectivity index (χ2v) is 13.8. The number of terminal acetylenes is 1. The number of fused-ring (bicyclic) bond motifs is 1. The molecule has 0 aromatic heterocycles. The third-order valence-corrected chi connectivity index (χ3v) is 9.43. The molecule has 4 fully saturated rings. The van der Waals surface area contributed by atoms with Crippen LogP contribution in [-0.2, 0) is 61.7 Å². The molecular weight excluding hydrogens is 818 g/mol. The smallest absolute Gasteiger partial charge is 0.408 e. The lowest BCUT2D eigenvalue weighted by atomic mass is 9.95. The average Bonchev–Trinajstić information content (AvgIpc) is 3.57. The monoisotopic (exact) mass is 871 g/mol. The molecule has 0 aromatic rings. The molecule has 4 aliphatic rings. The van der Waals surface area contributed by atoms with Crippen molar-refractivity contribution in [1.82, 2.24) is 16.0 Å². The third kappa shape index (κ3) is 12.7. The maximum atomic E-state index is 12.6. The molecule has 26 nitrogen and oxygen atoms in total. The lowest BCUT2D eigenvalue weighted by Gasteiger charge is -2.48. The number of aliphatic hydroxyl groups excluding tert-OH is 7. The van der Waals surface area contributed by atoms with E-state index < -0.39 is 142 Å². The van der Waals surface area contributed by atoms with Crippen LogP contribution in [-0.4, -0.2) is 229 Å². The summed E-state index contributed by atoms with van der Waals surface area (Å²) in [5.41, 5.74) is 0. The number of alkyl carbamates (subject to hydrolysis) is 2. The Bertz CT molecular complexity index is 1460. The summed E-state index contributed by atoms with van der Waals surface area (Å²) in [6, 6.07) is -1.46. The molecule has 342 valence electrons. The molecule has 60 heavy (non-hydrogen) atoms. The predicted octanol–water partition coefficient (Wildman–Crippen LogP) is -6.44. The largest absolute Gasteiger partial charge is 0.477 e. The molecule has 0 aromatic carbocycles. The van der Waals surface area contributed by atoms with Crippen molar-refractivity contribution in [2.24, 2.45) is 0 Å². The van der Waals surface area contributed by atoms with E-state index in [0.717, 1.165) is 13.8 Å². The molecule has 0 saturated carbocycles. The molecule has 4 saturated heterocycles. The standard InChI is InChI=1S/C34H53N3O23/c1-4-7-52-32(48)35-5-8-50-10-11-51-9-6-36-33(49)53-14-18-26(24(45)27-30(56-18)60-34(3,59-27)31(46)47)58-29-23(44)22(43)25(17(13-39)55-29)57-28-19(37-15(2)40)21(42)20(41)16(12-38)54-28/h1,16-30,38-39,41-45H,5-14H2,2-3H3,(H,35,48)(H,36,49)(H,37,40)(H,46,47)/t16-,17-,18-,19-,20+,21-,22-,23-,24+,25+,26-,27-,28-,29+,30-,34?/m1/s1. The molecule has 4 heterocycles.